The second-order valence-corrected chi connectivity index (χ2v) is 39.8. The maximum Gasteiger partial charge on any atom is 0.335 e. The molecule has 0 spiro atoms. The standard InChI is InChI=1S/C24H42N2O7Si2.C23H42N2O8Si2/c1-10-12-24(29)21-19(31-22(24)26-13-11-20(27)25-23(26)28)14-30-34(15(2)3,16(4)5)33-35(32-21,17(6)7)18(8)9;1-14(2)34(15(3)4)30-13-18-20(32-35(33-34,16(5)6)17(7)8)23(29,10-12-26)21(31-18)25-11-9-19(27)24-22(25)28/h10-11,13,15-19,21-22,29H,1,12,14H2,2-9H3,(H,25,27,28);9,11,14-18,20-21,26,29H,10,12-13H2,1-8H3,(H,24,27,28)/t19?,21-,22?,24-;18?,20-,21?,23-/m11/s1. The van der Waals surface area contributed by atoms with Gasteiger partial charge in [0, 0.05) is 44.0 Å². The molecule has 6 heterocycles. The normalized spacial score (nSPS) is 30.6. The van der Waals surface area contributed by atoms with Crippen LogP contribution < -0.4 is 22.5 Å². The Morgan fingerprint density at radius 2 is 0.929 bits per heavy atom. The minimum Gasteiger partial charge on any atom is -0.414 e. The van der Waals surface area contributed by atoms with E-state index < -0.39 is 105 Å². The lowest BCUT2D eigenvalue weighted by Crippen LogP contribution is -2.67. The van der Waals surface area contributed by atoms with Crippen molar-refractivity contribution < 1.29 is 50.7 Å². The van der Waals surface area contributed by atoms with Gasteiger partial charge in [0.2, 0.25) is 0 Å². The van der Waals surface area contributed by atoms with Crippen LogP contribution in [-0.4, -0.2) is 124 Å². The number of aliphatic hydroxyl groups is 3. The van der Waals surface area contributed by atoms with Crippen LogP contribution in [0.2, 0.25) is 44.3 Å². The predicted molar refractivity (Wildman–Crippen MR) is 275 cm³/mol. The zero-order valence-corrected chi connectivity index (χ0v) is 48.3. The fourth-order valence-electron chi connectivity index (χ4n) is 11.2. The van der Waals surface area contributed by atoms with E-state index in [-0.39, 0.29) is 77.0 Å². The van der Waals surface area contributed by atoms with Gasteiger partial charge in [-0.05, 0) is 44.3 Å². The lowest BCUT2D eigenvalue weighted by atomic mass is 9.90. The third-order valence-electron chi connectivity index (χ3n) is 15.0. The van der Waals surface area contributed by atoms with Crippen molar-refractivity contribution in [1.29, 1.82) is 0 Å². The minimum absolute atomic E-state index is 0.0301. The maximum atomic E-state index is 12.7. The first-order chi connectivity index (χ1) is 32.5. The topological polar surface area (TPSA) is 244 Å². The summed E-state index contributed by atoms with van der Waals surface area (Å²) in [5.41, 5.74) is -5.03. The molecule has 4 saturated heterocycles. The number of aromatic amines is 2. The molecule has 0 aliphatic carbocycles. The number of nitrogens with one attached hydrogen (secondary N) is 2. The van der Waals surface area contributed by atoms with Gasteiger partial charge in [-0.2, -0.15) is 0 Å². The van der Waals surface area contributed by atoms with Gasteiger partial charge in [-0.15, -0.1) is 6.58 Å². The highest BCUT2D eigenvalue weighted by Crippen LogP contribution is 2.53. The molecule has 398 valence electrons. The summed E-state index contributed by atoms with van der Waals surface area (Å²) < 4.78 is 56.8. The molecule has 0 bridgehead atoms. The SMILES string of the molecule is C=CC[C@]1(O)C(n2ccc(=O)[nH]c2=O)OC2CO[Si](C(C)C)(C(C)C)O[Si](C(C)C)(C(C)C)O[C@H]21.CC(C)[Si]1(C(C)C)OCC2OC(n3ccc(=O)[nH]c3=O)[C@@](O)(CCO)[C@@H]2O[Si](C(C)C)(C(C)C)O1. The van der Waals surface area contributed by atoms with Gasteiger partial charge in [-0.3, -0.25) is 28.7 Å². The summed E-state index contributed by atoms with van der Waals surface area (Å²) in [7, 11) is -11.7. The molecular formula is C47H84N4O15Si4. The van der Waals surface area contributed by atoms with Crippen molar-refractivity contribution in [2.24, 2.45) is 0 Å². The zero-order valence-electron chi connectivity index (χ0n) is 44.3. The summed E-state index contributed by atoms with van der Waals surface area (Å²) in [4.78, 5) is 53.2. The monoisotopic (exact) mass is 1060 g/mol. The molecule has 4 unspecified atom stereocenters. The molecule has 23 heteroatoms. The van der Waals surface area contributed by atoms with Crippen LogP contribution >= 0.6 is 0 Å². The van der Waals surface area contributed by atoms with Crippen LogP contribution in [0.15, 0.2) is 56.4 Å². The van der Waals surface area contributed by atoms with Crippen molar-refractivity contribution in [2.75, 3.05) is 19.8 Å². The Labute approximate surface area is 417 Å². The largest absolute Gasteiger partial charge is 0.414 e. The highest BCUT2D eigenvalue weighted by Gasteiger charge is 2.67. The fraction of sp³-hybridized carbons (Fsp3) is 0.787. The molecule has 0 saturated carbocycles. The Balaban J connectivity index is 0.000000261. The van der Waals surface area contributed by atoms with E-state index in [0.717, 1.165) is 4.57 Å². The number of fused-ring (bicyclic) bond motifs is 2. The highest BCUT2D eigenvalue weighted by atomic mass is 28.5. The van der Waals surface area contributed by atoms with Crippen LogP contribution in [0.1, 0.15) is 136 Å². The van der Waals surface area contributed by atoms with E-state index in [1.807, 2.05) is 0 Å². The Morgan fingerprint density at radius 1 is 0.600 bits per heavy atom. The third-order valence-corrected chi connectivity index (χ3v) is 35.4. The summed E-state index contributed by atoms with van der Waals surface area (Å²) in [6.45, 7) is 37.5. The number of hydrogen-bond donors (Lipinski definition) is 5. The molecule has 70 heavy (non-hydrogen) atoms. The lowest BCUT2D eigenvalue weighted by Gasteiger charge is -2.52. The molecule has 5 N–H and O–H groups in total. The number of aliphatic hydroxyl groups excluding tert-OH is 1. The smallest absolute Gasteiger partial charge is 0.335 e. The Kier molecular flexibility index (Phi) is 18.5. The first-order valence-electron chi connectivity index (χ1n) is 25.1. The molecule has 6 rings (SSSR count). The van der Waals surface area contributed by atoms with Crippen molar-refractivity contribution in [3.05, 3.63) is 78.9 Å². The summed E-state index contributed by atoms with van der Waals surface area (Å²) in [5, 5.41) is 34.0. The molecule has 4 fully saturated rings. The Hall–Kier alpha value is -2.47. The molecule has 4 aliphatic heterocycles. The van der Waals surface area contributed by atoms with Crippen LogP contribution in [0, 0.1) is 0 Å². The number of hydrogen-bond acceptors (Lipinski definition) is 15. The van der Waals surface area contributed by atoms with Crippen molar-refractivity contribution in [3.63, 3.8) is 0 Å². The molecule has 2 aromatic heterocycles. The van der Waals surface area contributed by atoms with Crippen LogP contribution in [0.5, 0.6) is 0 Å². The first-order valence-corrected chi connectivity index (χ1v) is 33.0. The van der Waals surface area contributed by atoms with E-state index in [1.54, 1.807) is 6.08 Å². The fourth-order valence-corrected chi connectivity index (χ4v) is 33.7. The van der Waals surface area contributed by atoms with Crippen molar-refractivity contribution in [2.45, 2.75) is 216 Å². The van der Waals surface area contributed by atoms with E-state index in [1.165, 1.54) is 29.1 Å². The summed E-state index contributed by atoms with van der Waals surface area (Å²) in [6.07, 6.45) is -1.09. The van der Waals surface area contributed by atoms with Gasteiger partial charge in [-0.1, -0.05) is 117 Å². The van der Waals surface area contributed by atoms with E-state index >= 15 is 0 Å². The predicted octanol–water partition coefficient (Wildman–Crippen LogP) is 6.20. The van der Waals surface area contributed by atoms with Crippen LogP contribution in [-0.2, 0) is 35.4 Å². The van der Waals surface area contributed by atoms with Crippen LogP contribution in [0.25, 0.3) is 0 Å². The van der Waals surface area contributed by atoms with Gasteiger partial charge in [0.1, 0.15) is 35.6 Å². The average Bonchev–Trinajstić information content (AvgIpc) is 3.64. The van der Waals surface area contributed by atoms with E-state index in [0.29, 0.717) is 0 Å². The van der Waals surface area contributed by atoms with Gasteiger partial charge in [0.15, 0.2) is 12.5 Å². The molecule has 0 aromatic carbocycles. The van der Waals surface area contributed by atoms with Crippen molar-refractivity contribution in [3.8, 4) is 0 Å². The van der Waals surface area contributed by atoms with Gasteiger partial charge < -0.3 is 50.7 Å². The van der Waals surface area contributed by atoms with Gasteiger partial charge in [0.25, 0.3) is 11.1 Å². The number of aromatic nitrogens is 4. The molecule has 0 amide bonds. The molecular weight excluding hydrogens is 973 g/mol. The first kappa shape index (κ1) is 58.4. The van der Waals surface area contributed by atoms with Crippen LogP contribution in [0.3, 0.4) is 0 Å². The molecule has 8 atom stereocenters. The second-order valence-electron chi connectivity index (χ2n) is 22.1. The minimum atomic E-state index is -3.07. The Morgan fingerprint density at radius 3 is 1.23 bits per heavy atom. The third kappa shape index (κ3) is 10.5. The highest BCUT2D eigenvalue weighted by molar-refractivity contribution is 6.84. The molecule has 2 aromatic rings. The van der Waals surface area contributed by atoms with Gasteiger partial charge in [-0.25, -0.2) is 9.59 Å². The maximum absolute atomic E-state index is 12.7. The van der Waals surface area contributed by atoms with E-state index in [2.05, 4.69) is 127 Å². The number of nitrogens with zero attached hydrogens (tertiary/aromatic N) is 2. The second kappa shape index (κ2) is 22.2. The zero-order chi connectivity index (χ0) is 52.7. The van der Waals surface area contributed by atoms with Gasteiger partial charge in [0.05, 0.1) is 13.2 Å². The average molecular weight is 1060 g/mol. The Bertz CT molecular complexity index is 2300. The van der Waals surface area contributed by atoms with Gasteiger partial charge >= 0.3 is 45.6 Å². The van der Waals surface area contributed by atoms with E-state index in [9.17, 15) is 34.5 Å². The molecule has 19 nitrogen and oxygen atoms in total. The van der Waals surface area contributed by atoms with Crippen molar-refractivity contribution >= 4 is 34.2 Å². The lowest BCUT2D eigenvalue weighted by molar-refractivity contribution is -0.119. The number of H-pyrrole nitrogens is 2. The summed E-state index contributed by atoms with van der Waals surface area (Å²) in [6, 6.07) is 2.43. The molecule has 0 radical (unpaired) electrons. The summed E-state index contributed by atoms with van der Waals surface area (Å²) >= 11 is 0. The molecule has 4 aliphatic rings. The summed E-state index contributed by atoms with van der Waals surface area (Å²) in [5.74, 6) is 0. The van der Waals surface area contributed by atoms with Crippen molar-refractivity contribution in [1.82, 2.24) is 19.1 Å². The number of ether oxygens (including phenoxy) is 2. The number of rotatable bonds is 14. The van der Waals surface area contributed by atoms with E-state index in [4.69, 9.17) is 35.4 Å². The quantitative estimate of drug-likeness (QED) is 0.104. The van der Waals surface area contributed by atoms with Crippen LogP contribution in [0.4, 0.5) is 0 Å².